The number of rotatable bonds is 11. The third-order valence-corrected chi connectivity index (χ3v) is 9.23. The number of aliphatic hydroxyl groups excluding tert-OH is 1. The molecule has 0 aromatic heterocycles. The van der Waals surface area contributed by atoms with Gasteiger partial charge in [0, 0.05) is 24.4 Å². The van der Waals surface area contributed by atoms with Gasteiger partial charge in [-0.2, -0.15) is 0 Å². The maximum atomic E-state index is 12.9. The molecule has 2 aliphatic heterocycles. The number of amides is 1. The lowest BCUT2D eigenvalue weighted by Gasteiger charge is -2.61. The number of aliphatic carboxylic acids is 1. The molecule has 12 heteroatoms. The summed E-state index contributed by atoms with van der Waals surface area (Å²) in [6, 6.07) is 2.21. The van der Waals surface area contributed by atoms with Crippen LogP contribution in [-0.4, -0.2) is 92.9 Å². The number of esters is 1. The van der Waals surface area contributed by atoms with E-state index in [-0.39, 0.29) is 49.2 Å². The number of carboxylic acid groups (broad SMARTS) is 1. The van der Waals surface area contributed by atoms with E-state index >= 15 is 0 Å². The van der Waals surface area contributed by atoms with Crippen LogP contribution in [0.4, 0.5) is 0 Å². The van der Waals surface area contributed by atoms with Crippen molar-refractivity contribution in [3.8, 4) is 11.5 Å². The molecule has 2 heterocycles. The molecule has 0 radical (unpaired) electrons. The lowest BCUT2D eigenvalue weighted by atomic mass is 9.50. The lowest BCUT2D eigenvalue weighted by molar-refractivity contribution is -0.172. The van der Waals surface area contributed by atoms with E-state index < -0.39 is 53.4 Å². The Morgan fingerprint density at radius 2 is 1.98 bits per heavy atom. The minimum atomic E-state index is -1.48. The molecule has 230 valence electrons. The zero-order valence-electron chi connectivity index (χ0n) is 24.3. The van der Waals surface area contributed by atoms with Crippen LogP contribution >= 0.6 is 0 Å². The summed E-state index contributed by atoms with van der Waals surface area (Å²) in [5.41, 5.74) is -0.278. The van der Waals surface area contributed by atoms with Crippen LogP contribution in [0.25, 0.3) is 0 Å². The second kappa shape index (κ2) is 11.1. The van der Waals surface area contributed by atoms with Crippen molar-refractivity contribution in [2.75, 3.05) is 13.6 Å². The molecular weight excluding hydrogens is 548 g/mol. The number of likely N-dealkylation sites (tertiary alicyclic amines) is 1. The highest BCUT2D eigenvalue weighted by molar-refractivity contribution is 5.86. The van der Waals surface area contributed by atoms with Crippen LogP contribution in [0, 0.1) is 5.92 Å². The van der Waals surface area contributed by atoms with E-state index in [1.54, 1.807) is 12.1 Å². The molecule has 5 N–H and O–H groups in total. The van der Waals surface area contributed by atoms with Crippen molar-refractivity contribution in [3.05, 3.63) is 35.1 Å². The number of nitrogens with one attached hydrogen (secondary N) is 1. The van der Waals surface area contributed by atoms with Crippen molar-refractivity contribution in [2.45, 2.75) is 101 Å². The molecule has 1 aromatic carbocycles. The number of carboxylic acids is 1. The standard InChI is InChI=1S/C30H40N2O10/c1-15(2)13-18(28(37)38)31-27(36)16(3)40-22(34)7-8-23(35)41-20-9-10-30(39)21-14-17-5-6-19(33)25-24(17)29(30,26(20)42-25)11-12-32(21)4/h5-6,9,15-16,18,21-22,26,33-34,39H,7-8,10-14H2,1-4H3,(H,31,36)(H,37,38)/t16-,18-,21+,22?,26-,29?,30+/m0/s1. The first-order chi connectivity index (χ1) is 19.8. The summed E-state index contributed by atoms with van der Waals surface area (Å²) in [6.45, 7) is 5.76. The molecule has 5 rings (SSSR count). The van der Waals surface area contributed by atoms with Gasteiger partial charge >= 0.3 is 11.9 Å². The number of nitrogens with zero attached hydrogens (tertiary/aromatic N) is 1. The van der Waals surface area contributed by atoms with Crippen LogP contribution in [0.5, 0.6) is 11.5 Å². The SMILES string of the molecule is CC(C)C[C@H](NC(=O)[C@H](C)OC(O)CCC(=O)OC1=CC[C@@]2(O)[C@H]3Cc4ccc(O)c5c4C2(CCN3C)[C@H]1O5)C(=O)O. The van der Waals surface area contributed by atoms with E-state index in [0.29, 0.717) is 25.1 Å². The maximum Gasteiger partial charge on any atom is 0.326 e. The summed E-state index contributed by atoms with van der Waals surface area (Å²) < 4.78 is 17.3. The van der Waals surface area contributed by atoms with Crippen LogP contribution in [0.15, 0.2) is 24.0 Å². The van der Waals surface area contributed by atoms with Gasteiger partial charge in [-0.05, 0) is 63.4 Å². The maximum absolute atomic E-state index is 12.9. The predicted octanol–water partition coefficient (Wildman–Crippen LogP) is 1.33. The van der Waals surface area contributed by atoms with E-state index in [2.05, 4.69) is 10.2 Å². The average Bonchev–Trinajstić information content (AvgIpc) is 3.28. The van der Waals surface area contributed by atoms with Crippen LogP contribution in [-0.2, 0) is 35.7 Å². The monoisotopic (exact) mass is 588 g/mol. The number of carbonyl (C=O) groups excluding carboxylic acids is 2. The van der Waals surface area contributed by atoms with Gasteiger partial charge in [-0.15, -0.1) is 0 Å². The zero-order chi connectivity index (χ0) is 30.6. The summed E-state index contributed by atoms with van der Waals surface area (Å²) in [6.07, 6.45) is -0.531. The van der Waals surface area contributed by atoms with Gasteiger partial charge in [0.25, 0.3) is 0 Å². The topological polar surface area (TPSA) is 175 Å². The fraction of sp³-hybridized carbons (Fsp3) is 0.633. The first-order valence-electron chi connectivity index (χ1n) is 14.5. The van der Waals surface area contributed by atoms with Gasteiger partial charge in [0.15, 0.2) is 23.9 Å². The highest BCUT2D eigenvalue weighted by Crippen LogP contribution is 2.65. The highest BCUT2D eigenvalue weighted by Gasteiger charge is 2.72. The molecule has 4 aliphatic rings. The van der Waals surface area contributed by atoms with E-state index in [9.17, 15) is 34.8 Å². The van der Waals surface area contributed by atoms with Crippen LogP contribution in [0.2, 0.25) is 0 Å². The number of hydrogen-bond acceptors (Lipinski definition) is 10. The minimum Gasteiger partial charge on any atom is -0.504 e. The Hall–Kier alpha value is -3.19. The number of aromatic hydroxyl groups is 1. The molecule has 1 amide bonds. The van der Waals surface area contributed by atoms with Gasteiger partial charge < -0.3 is 44.9 Å². The summed E-state index contributed by atoms with van der Waals surface area (Å²) in [5.74, 6) is -1.92. The molecule has 1 spiro atoms. The second-order valence-electron chi connectivity index (χ2n) is 12.4. The first kappa shape index (κ1) is 30.3. The summed E-state index contributed by atoms with van der Waals surface area (Å²) in [4.78, 5) is 38.9. The van der Waals surface area contributed by atoms with Gasteiger partial charge in [-0.1, -0.05) is 19.9 Å². The number of phenolic OH excluding ortho intramolecular Hbond substituents is 1. The van der Waals surface area contributed by atoms with Crippen LogP contribution < -0.4 is 10.1 Å². The molecule has 0 saturated carbocycles. The Balaban J connectivity index is 1.22. The highest BCUT2D eigenvalue weighted by atomic mass is 16.6. The van der Waals surface area contributed by atoms with Crippen molar-refractivity contribution < 1.29 is 49.0 Å². The van der Waals surface area contributed by atoms with Gasteiger partial charge in [0.1, 0.15) is 17.9 Å². The fourth-order valence-electron chi connectivity index (χ4n) is 7.21. The van der Waals surface area contributed by atoms with E-state index in [1.165, 1.54) is 6.92 Å². The average molecular weight is 589 g/mol. The third-order valence-electron chi connectivity index (χ3n) is 9.23. The molecule has 2 aliphatic carbocycles. The molecule has 1 aromatic rings. The van der Waals surface area contributed by atoms with Gasteiger partial charge in [0.05, 0.1) is 17.4 Å². The van der Waals surface area contributed by atoms with Gasteiger partial charge in [0.2, 0.25) is 5.91 Å². The number of phenols is 1. The number of carbonyl (C=O) groups is 3. The number of ether oxygens (including phenoxy) is 3. The molecular formula is C30H40N2O10. The van der Waals surface area contributed by atoms with Crippen molar-refractivity contribution in [1.82, 2.24) is 10.2 Å². The van der Waals surface area contributed by atoms with Gasteiger partial charge in [-0.25, -0.2) is 4.79 Å². The predicted molar refractivity (Wildman–Crippen MR) is 147 cm³/mol. The van der Waals surface area contributed by atoms with Crippen molar-refractivity contribution >= 4 is 17.8 Å². The van der Waals surface area contributed by atoms with Crippen molar-refractivity contribution in [3.63, 3.8) is 0 Å². The molecule has 42 heavy (non-hydrogen) atoms. The smallest absolute Gasteiger partial charge is 0.326 e. The summed E-state index contributed by atoms with van der Waals surface area (Å²) >= 11 is 0. The molecule has 2 bridgehead atoms. The van der Waals surface area contributed by atoms with Crippen molar-refractivity contribution in [1.29, 1.82) is 0 Å². The Morgan fingerprint density at radius 1 is 1.24 bits per heavy atom. The molecule has 12 nitrogen and oxygen atoms in total. The largest absolute Gasteiger partial charge is 0.504 e. The number of hydrogen-bond donors (Lipinski definition) is 5. The fourth-order valence-corrected chi connectivity index (χ4v) is 7.21. The lowest BCUT2D eigenvalue weighted by Crippen LogP contribution is -2.74. The molecule has 2 unspecified atom stereocenters. The number of benzene rings is 1. The number of likely N-dealkylation sites (N-methyl/N-ethyl adjacent to an activating group) is 1. The second-order valence-corrected chi connectivity index (χ2v) is 12.4. The molecule has 7 atom stereocenters. The van der Waals surface area contributed by atoms with E-state index in [4.69, 9.17) is 14.2 Å². The molecule has 1 saturated heterocycles. The summed E-state index contributed by atoms with van der Waals surface area (Å²) in [7, 11) is 1.99. The first-order valence-corrected chi connectivity index (χ1v) is 14.5. The Bertz CT molecular complexity index is 1300. The normalized spacial score (nSPS) is 29.5. The Labute approximate surface area is 244 Å². The number of aliphatic hydroxyl groups is 2. The molecule has 1 fully saturated rings. The Morgan fingerprint density at radius 3 is 2.67 bits per heavy atom. The minimum absolute atomic E-state index is 0.0276. The van der Waals surface area contributed by atoms with Crippen LogP contribution in [0.1, 0.15) is 64.0 Å². The van der Waals surface area contributed by atoms with E-state index in [0.717, 1.165) is 11.1 Å². The quantitative estimate of drug-likeness (QED) is 0.186. The third kappa shape index (κ3) is 4.93. The van der Waals surface area contributed by atoms with Gasteiger partial charge in [-0.3, -0.25) is 9.59 Å². The van der Waals surface area contributed by atoms with Crippen molar-refractivity contribution in [2.24, 2.45) is 5.92 Å². The van der Waals surface area contributed by atoms with E-state index in [1.807, 2.05) is 27.0 Å². The zero-order valence-corrected chi connectivity index (χ0v) is 24.3. The van der Waals surface area contributed by atoms with Crippen LogP contribution in [0.3, 0.4) is 0 Å². The Kier molecular flexibility index (Phi) is 8.03. The number of piperidine rings is 1. The summed E-state index contributed by atoms with van der Waals surface area (Å²) in [5, 5.41) is 44.9.